The molecule has 2 fully saturated rings. The van der Waals surface area contributed by atoms with Crippen molar-refractivity contribution in [1.82, 2.24) is 4.90 Å². The number of rotatable bonds is 2. The van der Waals surface area contributed by atoms with E-state index in [1.807, 2.05) is 0 Å². The molecule has 1 heterocycles. The second-order valence-electron chi connectivity index (χ2n) is 9.56. The Bertz CT molecular complexity index is 465. The largest absolute Gasteiger partial charge is 0.363 e. The monoisotopic (exact) mass is 473 g/mol. The summed E-state index contributed by atoms with van der Waals surface area (Å²) in [4.78, 5) is 3.71. The van der Waals surface area contributed by atoms with Crippen LogP contribution in [0.15, 0.2) is 0 Å². The van der Waals surface area contributed by atoms with Crippen LogP contribution in [0, 0.1) is 17.8 Å². The van der Waals surface area contributed by atoms with Gasteiger partial charge in [-0.05, 0) is 51.4 Å². The number of likely N-dealkylation sites (tertiary alicyclic amines) is 1. The Balaban J connectivity index is 2.28. The van der Waals surface area contributed by atoms with Gasteiger partial charge in [0, 0.05) is 21.9 Å². The SMILES string of the molecule is [B]C1(C(C)C)CC2CCN(C(C)C)C(=S)C2CCCCCC(C)(I)C1. The maximum absolute atomic E-state index is 7.10. The number of hydrogen-bond acceptors (Lipinski definition) is 1. The Morgan fingerprint density at radius 1 is 1.16 bits per heavy atom. The summed E-state index contributed by atoms with van der Waals surface area (Å²) in [5.41, 5.74) is 0. The molecule has 0 amide bonds. The topological polar surface area (TPSA) is 3.24 Å². The fraction of sp³-hybridized carbons (Fsp3) is 0.952. The Morgan fingerprint density at radius 3 is 2.44 bits per heavy atom. The second-order valence-corrected chi connectivity index (χ2v) is 12.6. The molecule has 2 radical (unpaired) electrons. The zero-order valence-electron chi connectivity index (χ0n) is 17.0. The highest BCUT2D eigenvalue weighted by Crippen LogP contribution is 2.52. The minimum atomic E-state index is -0.0706. The van der Waals surface area contributed by atoms with Gasteiger partial charge in [0.1, 0.15) is 0 Å². The lowest BCUT2D eigenvalue weighted by molar-refractivity contribution is 0.181. The maximum Gasteiger partial charge on any atom is 0.0815 e. The predicted octanol–water partition coefficient (Wildman–Crippen LogP) is 6.58. The smallest absolute Gasteiger partial charge is 0.0815 e. The lowest BCUT2D eigenvalue weighted by atomic mass is 9.53. The molecule has 0 N–H and O–H groups in total. The highest BCUT2D eigenvalue weighted by molar-refractivity contribution is 14.1. The molecule has 0 aromatic heterocycles. The van der Waals surface area contributed by atoms with E-state index >= 15 is 0 Å². The van der Waals surface area contributed by atoms with E-state index in [1.54, 1.807) is 0 Å². The average Bonchev–Trinajstić information content (AvgIpc) is 2.49. The van der Waals surface area contributed by atoms with Crippen LogP contribution in [0.5, 0.6) is 0 Å². The van der Waals surface area contributed by atoms with Gasteiger partial charge < -0.3 is 4.90 Å². The Morgan fingerprint density at radius 2 is 1.84 bits per heavy atom. The van der Waals surface area contributed by atoms with Crippen molar-refractivity contribution in [2.75, 3.05) is 6.54 Å². The molecule has 4 unspecified atom stereocenters. The number of hydrogen-bond donors (Lipinski definition) is 0. The van der Waals surface area contributed by atoms with Crippen molar-refractivity contribution < 1.29 is 0 Å². The highest BCUT2D eigenvalue weighted by Gasteiger charge is 2.42. The van der Waals surface area contributed by atoms with E-state index in [2.05, 4.69) is 62.1 Å². The Kier molecular flexibility index (Phi) is 7.73. The van der Waals surface area contributed by atoms with Gasteiger partial charge in [0.05, 0.1) is 12.8 Å². The number of halogens is 1. The zero-order valence-corrected chi connectivity index (χ0v) is 20.0. The van der Waals surface area contributed by atoms with Gasteiger partial charge in [-0.3, -0.25) is 0 Å². The molecule has 1 saturated carbocycles. The van der Waals surface area contributed by atoms with Crippen molar-refractivity contribution in [3.05, 3.63) is 0 Å². The predicted molar refractivity (Wildman–Crippen MR) is 124 cm³/mol. The standard InChI is InChI=1S/C21H37BINS/c1-15(2)21(22)13-17-10-12-24(16(3)4)19(25)18(17)9-7-6-8-11-20(5,23)14-21/h15-18H,6-14H2,1-5H3. The van der Waals surface area contributed by atoms with Crippen molar-refractivity contribution in [3.8, 4) is 0 Å². The van der Waals surface area contributed by atoms with Crippen LogP contribution in [-0.4, -0.2) is 33.7 Å². The summed E-state index contributed by atoms with van der Waals surface area (Å²) < 4.78 is 0.315. The molecule has 142 valence electrons. The van der Waals surface area contributed by atoms with E-state index in [-0.39, 0.29) is 5.31 Å². The fourth-order valence-electron chi connectivity index (χ4n) is 4.96. The molecule has 4 heteroatoms. The molecular weight excluding hydrogens is 436 g/mol. The van der Waals surface area contributed by atoms with E-state index in [1.165, 1.54) is 43.5 Å². The summed E-state index contributed by atoms with van der Waals surface area (Å²) >= 11 is 8.67. The van der Waals surface area contributed by atoms with Gasteiger partial charge in [0.25, 0.3) is 0 Å². The van der Waals surface area contributed by atoms with Gasteiger partial charge in [0.2, 0.25) is 0 Å². The zero-order chi connectivity index (χ0) is 18.8. The van der Waals surface area contributed by atoms with E-state index in [9.17, 15) is 0 Å². The number of fused-ring (bicyclic) bond motifs is 1. The minimum Gasteiger partial charge on any atom is -0.363 e. The lowest BCUT2D eigenvalue weighted by Crippen LogP contribution is -2.48. The maximum atomic E-state index is 7.10. The highest BCUT2D eigenvalue weighted by atomic mass is 127. The van der Waals surface area contributed by atoms with E-state index < -0.39 is 0 Å². The third-order valence-electron chi connectivity index (χ3n) is 6.74. The average molecular weight is 473 g/mol. The third kappa shape index (κ3) is 5.59. The first-order chi connectivity index (χ1) is 11.6. The molecule has 0 spiro atoms. The van der Waals surface area contributed by atoms with Crippen molar-refractivity contribution >= 4 is 47.6 Å². The summed E-state index contributed by atoms with van der Waals surface area (Å²) in [5, 5.41) is -0.0706. The minimum absolute atomic E-state index is 0.0706. The summed E-state index contributed by atoms with van der Waals surface area (Å²) in [6.07, 6.45) is 10.1. The Labute approximate surface area is 177 Å². The fourth-order valence-corrected chi connectivity index (χ4v) is 6.66. The van der Waals surface area contributed by atoms with Gasteiger partial charge in [-0.25, -0.2) is 0 Å². The number of thiocarbonyl (C=S) groups is 1. The molecule has 2 aliphatic rings. The molecule has 25 heavy (non-hydrogen) atoms. The molecular formula is C21H37BINS. The van der Waals surface area contributed by atoms with E-state index in [0.29, 0.717) is 27.2 Å². The van der Waals surface area contributed by atoms with Crippen LogP contribution in [0.4, 0.5) is 0 Å². The van der Waals surface area contributed by atoms with E-state index in [0.717, 1.165) is 19.4 Å². The molecule has 1 aliphatic heterocycles. The van der Waals surface area contributed by atoms with Gasteiger partial charge in [-0.1, -0.05) is 86.6 Å². The second kappa shape index (κ2) is 8.79. The normalized spacial score (nSPS) is 38.6. The Hall–Kier alpha value is 0.685. The first-order valence-corrected chi connectivity index (χ1v) is 11.8. The van der Waals surface area contributed by atoms with Crippen LogP contribution >= 0.6 is 34.8 Å². The van der Waals surface area contributed by atoms with Crippen LogP contribution < -0.4 is 0 Å². The quantitative estimate of drug-likeness (QED) is 0.193. The summed E-state index contributed by atoms with van der Waals surface area (Å²) in [6, 6.07) is 0.525. The van der Waals surface area contributed by atoms with Gasteiger partial charge >= 0.3 is 0 Å². The molecule has 1 aliphatic carbocycles. The van der Waals surface area contributed by atoms with Crippen molar-refractivity contribution in [3.63, 3.8) is 0 Å². The number of piperidine rings is 1. The number of alkyl halides is 1. The van der Waals surface area contributed by atoms with E-state index in [4.69, 9.17) is 20.1 Å². The molecule has 2 rings (SSSR count). The van der Waals surface area contributed by atoms with Crippen LogP contribution in [0.3, 0.4) is 0 Å². The van der Waals surface area contributed by atoms with Crippen molar-refractivity contribution in [2.45, 2.75) is 101 Å². The first-order valence-electron chi connectivity index (χ1n) is 10.3. The summed E-state index contributed by atoms with van der Waals surface area (Å²) in [6.45, 7) is 12.7. The lowest BCUT2D eigenvalue weighted by Gasteiger charge is -2.48. The van der Waals surface area contributed by atoms with Crippen molar-refractivity contribution in [2.24, 2.45) is 17.8 Å². The summed E-state index contributed by atoms with van der Waals surface area (Å²) in [5.74, 6) is 1.74. The first kappa shape index (κ1) is 22.0. The third-order valence-corrected chi connectivity index (χ3v) is 8.19. The molecule has 0 bridgehead atoms. The van der Waals surface area contributed by atoms with Crippen LogP contribution in [-0.2, 0) is 0 Å². The molecule has 1 nitrogen and oxygen atoms in total. The molecule has 4 atom stereocenters. The van der Waals surface area contributed by atoms with Gasteiger partial charge in [-0.2, -0.15) is 0 Å². The molecule has 0 aromatic carbocycles. The van der Waals surface area contributed by atoms with Crippen LogP contribution in [0.25, 0.3) is 0 Å². The molecule has 1 saturated heterocycles. The van der Waals surface area contributed by atoms with Crippen LogP contribution in [0.2, 0.25) is 5.31 Å². The summed E-state index contributed by atoms with van der Waals surface area (Å²) in [7, 11) is 7.10. The van der Waals surface area contributed by atoms with Gasteiger partial charge in [-0.15, -0.1) is 0 Å². The number of nitrogens with zero attached hydrogens (tertiary/aromatic N) is 1. The molecule has 0 aromatic rings. The van der Waals surface area contributed by atoms with Crippen molar-refractivity contribution in [1.29, 1.82) is 0 Å². The van der Waals surface area contributed by atoms with Crippen LogP contribution in [0.1, 0.15) is 86.0 Å². The van der Waals surface area contributed by atoms with Gasteiger partial charge in [0.15, 0.2) is 0 Å².